The predicted molar refractivity (Wildman–Crippen MR) is 65.8 cm³/mol. The Hall–Kier alpha value is -1.94. The van der Waals surface area contributed by atoms with Crippen LogP contribution in [-0.4, -0.2) is 30.0 Å². The van der Waals surface area contributed by atoms with E-state index in [0.717, 1.165) is 0 Å². The van der Waals surface area contributed by atoms with Gasteiger partial charge in [-0.15, -0.1) is 0 Å². The zero-order valence-corrected chi connectivity index (χ0v) is 9.84. The lowest BCUT2D eigenvalue weighted by molar-refractivity contribution is -0.160. The number of hydrogen-bond donors (Lipinski definition) is 1. The average molecular weight is 248 g/mol. The summed E-state index contributed by atoms with van der Waals surface area (Å²) in [6, 6.07) is 8.84. The zero-order chi connectivity index (χ0) is 13.2. The summed E-state index contributed by atoms with van der Waals surface area (Å²) in [4.78, 5) is 11.3. The Bertz CT molecular complexity index is 507. The van der Waals surface area contributed by atoms with Crippen molar-refractivity contribution in [2.75, 3.05) is 7.11 Å². The van der Waals surface area contributed by atoms with Crippen LogP contribution >= 0.6 is 0 Å². The van der Waals surface area contributed by atoms with E-state index >= 15 is 0 Å². The number of methoxy groups -OCH3 is 1. The second-order valence-electron chi connectivity index (χ2n) is 4.01. The number of halogens is 1. The molecule has 0 heterocycles. The molecule has 1 aromatic carbocycles. The van der Waals surface area contributed by atoms with E-state index in [4.69, 9.17) is 4.74 Å². The molecule has 18 heavy (non-hydrogen) atoms. The summed E-state index contributed by atoms with van der Waals surface area (Å²) < 4.78 is 19.4. The fraction of sp³-hybridized carbons (Fsp3) is 0.214. The molecule has 1 aliphatic carbocycles. The Kier molecular flexibility index (Phi) is 3.30. The van der Waals surface area contributed by atoms with Crippen LogP contribution in [0.25, 0.3) is 5.57 Å². The number of rotatable bonds is 3. The van der Waals surface area contributed by atoms with Gasteiger partial charge in [-0.25, -0.2) is 9.18 Å². The molecule has 2 atom stereocenters. The number of benzene rings is 1. The second kappa shape index (κ2) is 4.74. The van der Waals surface area contributed by atoms with Crippen LogP contribution in [0.1, 0.15) is 5.56 Å². The van der Waals surface area contributed by atoms with Crippen molar-refractivity contribution in [1.29, 1.82) is 0 Å². The molecular formula is C14H13FO3. The van der Waals surface area contributed by atoms with E-state index in [1.54, 1.807) is 30.3 Å². The van der Waals surface area contributed by atoms with Gasteiger partial charge < -0.3 is 9.84 Å². The van der Waals surface area contributed by atoms with Crippen LogP contribution in [0.15, 0.2) is 48.6 Å². The summed E-state index contributed by atoms with van der Waals surface area (Å²) in [5, 5.41) is 9.18. The lowest BCUT2D eigenvalue weighted by Crippen LogP contribution is -2.49. The highest BCUT2D eigenvalue weighted by molar-refractivity contribution is 5.88. The van der Waals surface area contributed by atoms with E-state index in [1.807, 2.05) is 6.07 Å². The molecule has 3 nitrogen and oxygen atoms in total. The van der Waals surface area contributed by atoms with Gasteiger partial charge in [0.05, 0.1) is 0 Å². The van der Waals surface area contributed by atoms with E-state index in [1.165, 1.54) is 19.3 Å². The summed E-state index contributed by atoms with van der Waals surface area (Å²) in [6.07, 6.45) is 2.57. The van der Waals surface area contributed by atoms with Crippen molar-refractivity contribution >= 4 is 11.5 Å². The maximum atomic E-state index is 14.5. The number of allylic oxidation sites excluding steroid dienone is 2. The first kappa shape index (κ1) is 12.5. The molecule has 0 spiro atoms. The highest BCUT2D eigenvalue weighted by Gasteiger charge is 2.48. The SMILES string of the molecule is COC1(C(=O)O)C=CC=C(c2ccccc2)C1F. The van der Waals surface area contributed by atoms with Crippen molar-refractivity contribution in [3.8, 4) is 0 Å². The Balaban J connectivity index is 2.44. The zero-order valence-electron chi connectivity index (χ0n) is 9.84. The van der Waals surface area contributed by atoms with E-state index in [9.17, 15) is 14.3 Å². The molecule has 4 heteroatoms. The van der Waals surface area contributed by atoms with Gasteiger partial charge in [0.25, 0.3) is 0 Å². The van der Waals surface area contributed by atoms with Gasteiger partial charge in [-0.2, -0.15) is 0 Å². The number of carboxylic acid groups (broad SMARTS) is 1. The molecule has 1 aromatic rings. The Labute approximate surface area is 104 Å². The van der Waals surface area contributed by atoms with Gasteiger partial charge in [0, 0.05) is 7.11 Å². The first-order valence-electron chi connectivity index (χ1n) is 5.49. The normalized spacial score (nSPS) is 26.8. The summed E-state index contributed by atoms with van der Waals surface area (Å²) in [5.41, 5.74) is -0.987. The molecule has 0 aliphatic heterocycles. The molecule has 0 fully saturated rings. The topological polar surface area (TPSA) is 46.5 Å². The third-order valence-electron chi connectivity index (χ3n) is 3.05. The summed E-state index contributed by atoms with van der Waals surface area (Å²) in [6.45, 7) is 0. The van der Waals surface area contributed by atoms with Gasteiger partial charge >= 0.3 is 5.97 Å². The van der Waals surface area contributed by atoms with Gasteiger partial charge in [0.2, 0.25) is 5.60 Å². The summed E-state index contributed by atoms with van der Waals surface area (Å²) >= 11 is 0. The fourth-order valence-corrected chi connectivity index (χ4v) is 2.01. The number of alkyl halides is 1. The minimum absolute atomic E-state index is 0.308. The molecule has 0 aromatic heterocycles. The largest absolute Gasteiger partial charge is 0.479 e. The maximum absolute atomic E-state index is 14.5. The van der Waals surface area contributed by atoms with Crippen molar-refractivity contribution in [3.63, 3.8) is 0 Å². The van der Waals surface area contributed by atoms with Crippen LogP contribution in [0.5, 0.6) is 0 Å². The highest BCUT2D eigenvalue weighted by Crippen LogP contribution is 2.35. The maximum Gasteiger partial charge on any atom is 0.343 e. The van der Waals surface area contributed by atoms with Crippen LogP contribution in [0.3, 0.4) is 0 Å². The number of carbonyl (C=O) groups is 1. The number of hydrogen-bond acceptors (Lipinski definition) is 2. The van der Waals surface area contributed by atoms with Crippen molar-refractivity contribution in [3.05, 3.63) is 54.1 Å². The van der Waals surface area contributed by atoms with Crippen molar-refractivity contribution in [2.24, 2.45) is 0 Å². The minimum Gasteiger partial charge on any atom is -0.479 e. The number of aliphatic carboxylic acids is 1. The first-order chi connectivity index (χ1) is 8.62. The van der Waals surface area contributed by atoms with Crippen molar-refractivity contribution < 1.29 is 19.0 Å². The minimum atomic E-state index is -1.94. The Morgan fingerprint density at radius 1 is 1.39 bits per heavy atom. The van der Waals surface area contributed by atoms with Gasteiger partial charge in [-0.3, -0.25) is 0 Å². The Morgan fingerprint density at radius 2 is 2.06 bits per heavy atom. The summed E-state index contributed by atoms with van der Waals surface area (Å²) in [7, 11) is 1.19. The molecule has 2 rings (SSSR count). The van der Waals surface area contributed by atoms with Crippen LogP contribution in [-0.2, 0) is 9.53 Å². The quantitative estimate of drug-likeness (QED) is 0.893. The average Bonchev–Trinajstić information content (AvgIpc) is 2.40. The molecule has 0 amide bonds. The van der Waals surface area contributed by atoms with Crippen LogP contribution in [0.2, 0.25) is 0 Å². The molecule has 1 N–H and O–H groups in total. The van der Waals surface area contributed by atoms with Crippen LogP contribution in [0, 0.1) is 0 Å². The Morgan fingerprint density at radius 3 is 2.61 bits per heavy atom. The molecule has 0 bridgehead atoms. The molecule has 0 radical (unpaired) electrons. The standard InChI is InChI=1S/C14H13FO3/c1-18-14(13(16)17)9-5-8-11(12(14)15)10-6-3-2-4-7-10/h2-9,12H,1H3,(H,16,17). The van der Waals surface area contributed by atoms with Crippen molar-refractivity contribution in [1.82, 2.24) is 0 Å². The van der Waals surface area contributed by atoms with Gasteiger partial charge in [0.15, 0.2) is 6.17 Å². The molecular weight excluding hydrogens is 235 g/mol. The van der Waals surface area contributed by atoms with Crippen LogP contribution in [0.4, 0.5) is 4.39 Å². The fourth-order valence-electron chi connectivity index (χ4n) is 2.01. The highest BCUT2D eigenvalue weighted by atomic mass is 19.1. The third kappa shape index (κ3) is 1.84. The van der Waals surface area contributed by atoms with E-state index in [0.29, 0.717) is 11.1 Å². The van der Waals surface area contributed by atoms with Gasteiger partial charge in [0.1, 0.15) is 0 Å². The predicted octanol–water partition coefficient (Wildman–Crippen LogP) is 2.45. The molecule has 0 saturated heterocycles. The molecule has 0 saturated carbocycles. The second-order valence-corrected chi connectivity index (χ2v) is 4.01. The van der Waals surface area contributed by atoms with Gasteiger partial charge in [-0.05, 0) is 17.2 Å². The van der Waals surface area contributed by atoms with E-state index in [-0.39, 0.29) is 0 Å². The monoisotopic (exact) mass is 248 g/mol. The number of carboxylic acids is 1. The van der Waals surface area contributed by atoms with Crippen LogP contribution < -0.4 is 0 Å². The van der Waals surface area contributed by atoms with E-state index in [2.05, 4.69) is 0 Å². The summed E-state index contributed by atoms with van der Waals surface area (Å²) in [5.74, 6) is -1.34. The lowest BCUT2D eigenvalue weighted by Gasteiger charge is -2.31. The molecule has 2 unspecified atom stereocenters. The molecule has 94 valence electrons. The smallest absolute Gasteiger partial charge is 0.343 e. The van der Waals surface area contributed by atoms with E-state index < -0.39 is 17.7 Å². The van der Waals surface area contributed by atoms with Gasteiger partial charge in [-0.1, -0.05) is 42.5 Å². The molecule has 1 aliphatic rings. The van der Waals surface area contributed by atoms with Crippen molar-refractivity contribution in [2.45, 2.75) is 11.8 Å². The lowest BCUT2D eigenvalue weighted by atomic mass is 9.84. The number of ether oxygens (including phenoxy) is 1. The first-order valence-corrected chi connectivity index (χ1v) is 5.49. The third-order valence-corrected chi connectivity index (χ3v) is 3.05.